The average molecular weight is 324 g/mol. The Bertz CT molecular complexity index is 512. The fraction of sp³-hybridized carbons (Fsp3) is 0.667. The van der Waals surface area contributed by atoms with Crippen molar-refractivity contribution in [1.29, 1.82) is 0 Å². The van der Waals surface area contributed by atoms with Gasteiger partial charge in [-0.1, -0.05) is 25.1 Å². The van der Waals surface area contributed by atoms with Crippen LogP contribution in [0.3, 0.4) is 0 Å². The highest BCUT2D eigenvalue weighted by molar-refractivity contribution is 5.33. The van der Waals surface area contributed by atoms with E-state index in [0.29, 0.717) is 24.3 Å². The highest BCUT2D eigenvalue weighted by Crippen LogP contribution is 2.30. The molecule has 5 heteroatoms. The first-order valence-corrected chi connectivity index (χ1v) is 8.64. The molecule has 0 N–H and O–H groups in total. The first-order valence-electron chi connectivity index (χ1n) is 8.64. The Morgan fingerprint density at radius 2 is 2.00 bits per heavy atom. The lowest BCUT2D eigenvalue weighted by molar-refractivity contribution is -0.0508. The zero-order valence-corrected chi connectivity index (χ0v) is 13.8. The van der Waals surface area contributed by atoms with E-state index in [9.17, 15) is 8.78 Å². The van der Waals surface area contributed by atoms with E-state index in [2.05, 4.69) is 21.5 Å². The molecule has 0 aliphatic carbocycles. The van der Waals surface area contributed by atoms with Crippen molar-refractivity contribution in [3.63, 3.8) is 0 Å². The lowest BCUT2D eigenvalue weighted by Gasteiger charge is -2.35. The largest absolute Gasteiger partial charge is 0.434 e. The molecule has 3 saturated heterocycles. The molecule has 0 radical (unpaired) electrons. The normalized spacial score (nSPS) is 25.7. The van der Waals surface area contributed by atoms with Crippen molar-refractivity contribution in [1.82, 2.24) is 9.80 Å². The average Bonchev–Trinajstić information content (AvgIpc) is 2.80. The van der Waals surface area contributed by atoms with Crippen LogP contribution in [0.25, 0.3) is 0 Å². The van der Waals surface area contributed by atoms with E-state index in [4.69, 9.17) is 0 Å². The van der Waals surface area contributed by atoms with Gasteiger partial charge in [0.1, 0.15) is 5.75 Å². The zero-order valence-electron chi connectivity index (χ0n) is 13.8. The summed E-state index contributed by atoms with van der Waals surface area (Å²) in [5.74, 6) is 1.01. The Kier molecular flexibility index (Phi) is 5.49. The number of halogens is 2. The number of alkyl halides is 2. The maximum absolute atomic E-state index is 12.6. The first kappa shape index (κ1) is 16.7. The number of ether oxygens (including phenoxy) is 1. The maximum Gasteiger partial charge on any atom is 0.387 e. The Labute approximate surface area is 137 Å². The maximum atomic E-state index is 12.6. The molecule has 0 saturated carbocycles. The van der Waals surface area contributed by atoms with Crippen LogP contribution < -0.4 is 4.74 Å². The number of hydrogen-bond donors (Lipinski definition) is 0. The fourth-order valence-electron chi connectivity index (χ4n) is 4.05. The molecule has 0 unspecified atom stereocenters. The first-order chi connectivity index (χ1) is 11.2. The van der Waals surface area contributed by atoms with Crippen LogP contribution in [0, 0.1) is 5.92 Å². The highest BCUT2D eigenvalue weighted by Gasteiger charge is 2.34. The minimum atomic E-state index is -2.77. The Morgan fingerprint density at radius 1 is 1.17 bits per heavy atom. The van der Waals surface area contributed by atoms with Crippen LogP contribution in [0.4, 0.5) is 8.78 Å². The summed E-state index contributed by atoms with van der Waals surface area (Å²) in [6.07, 6.45) is 3.74. The van der Waals surface area contributed by atoms with Crippen molar-refractivity contribution in [3.8, 4) is 5.75 Å². The van der Waals surface area contributed by atoms with Gasteiger partial charge < -0.3 is 4.74 Å². The van der Waals surface area contributed by atoms with E-state index in [1.54, 1.807) is 12.1 Å². The van der Waals surface area contributed by atoms with E-state index in [1.807, 2.05) is 12.1 Å². The van der Waals surface area contributed by atoms with Crippen LogP contribution >= 0.6 is 0 Å². The topological polar surface area (TPSA) is 15.7 Å². The van der Waals surface area contributed by atoms with Crippen LogP contribution in [0.1, 0.15) is 31.7 Å². The third kappa shape index (κ3) is 4.21. The number of benzene rings is 1. The van der Waals surface area contributed by atoms with Crippen molar-refractivity contribution in [2.75, 3.05) is 26.2 Å². The predicted molar refractivity (Wildman–Crippen MR) is 86.7 cm³/mol. The quantitative estimate of drug-likeness (QED) is 0.795. The van der Waals surface area contributed by atoms with Gasteiger partial charge in [0.15, 0.2) is 0 Å². The summed E-state index contributed by atoms with van der Waals surface area (Å²) in [5.41, 5.74) is 0.858. The summed E-state index contributed by atoms with van der Waals surface area (Å²) < 4.78 is 29.8. The Morgan fingerprint density at radius 3 is 2.78 bits per heavy atom. The summed E-state index contributed by atoms with van der Waals surface area (Å²) in [6.45, 7) is 4.59. The monoisotopic (exact) mass is 324 g/mol. The van der Waals surface area contributed by atoms with E-state index in [1.165, 1.54) is 32.4 Å². The standard InChI is InChI=1S/C18H26F2N2O/c1-2-9-22-11-14-7-8-16(22)13-21(10-14)12-15-5-3-4-6-17(15)23-18(19)20/h3-6,14,16,18H,2,7-13H2,1H3/t14-,16+/m1/s1. The van der Waals surface area contributed by atoms with Crippen LogP contribution in [0.5, 0.6) is 5.75 Å². The molecule has 128 valence electrons. The van der Waals surface area contributed by atoms with Gasteiger partial charge in [0, 0.05) is 37.8 Å². The van der Waals surface area contributed by atoms with Gasteiger partial charge in [0.2, 0.25) is 0 Å². The van der Waals surface area contributed by atoms with Gasteiger partial charge >= 0.3 is 6.61 Å². The minimum Gasteiger partial charge on any atom is -0.434 e. The van der Waals surface area contributed by atoms with Crippen LogP contribution in [0.2, 0.25) is 0 Å². The Hall–Kier alpha value is -1.20. The van der Waals surface area contributed by atoms with Gasteiger partial charge in [-0.25, -0.2) is 0 Å². The molecular weight excluding hydrogens is 298 g/mol. The van der Waals surface area contributed by atoms with E-state index in [0.717, 1.165) is 18.7 Å². The zero-order chi connectivity index (χ0) is 16.2. The second-order valence-electron chi connectivity index (χ2n) is 6.77. The van der Waals surface area contributed by atoms with Crippen LogP contribution in [0.15, 0.2) is 24.3 Å². The van der Waals surface area contributed by atoms with Gasteiger partial charge in [-0.15, -0.1) is 0 Å². The van der Waals surface area contributed by atoms with E-state index < -0.39 is 6.61 Å². The summed E-state index contributed by atoms with van der Waals surface area (Å²) in [4.78, 5) is 5.04. The van der Waals surface area contributed by atoms with Crippen molar-refractivity contribution >= 4 is 0 Å². The van der Waals surface area contributed by atoms with Crippen molar-refractivity contribution < 1.29 is 13.5 Å². The van der Waals surface area contributed by atoms with Gasteiger partial charge in [0.05, 0.1) is 0 Å². The number of fused-ring (bicyclic) bond motifs is 4. The molecule has 0 spiro atoms. The third-order valence-corrected chi connectivity index (χ3v) is 5.00. The molecule has 1 aromatic rings. The summed E-state index contributed by atoms with van der Waals surface area (Å²) in [6, 6.07) is 7.78. The van der Waals surface area contributed by atoms with Gasteiger partial charge in [-0.05, 0) is 37.8 Å². The molecule has 0 aromatic heterocycles. The second kappa shape index (κ2) is 7.58. The van der Waals surface area contributed by atoms with Gasteiger partial charge in [-0.3, -0.25) is 9.80 Å². The van der Waals surface area contributed by atoms with Crippen LogP contribution in [-0.2, 0) is 6.54 Å². The second-order valence-corrected chi connectivity index (χ2v) is 6.77. The van der Waals surface area contributed by atoms with Gasteiger partial charge in [0.25, 0.3) is 0 Å². The molecule has 3 heterocycles. The predicted octanol–water partition coefficient (Wildman–Crippen LogP) is 3.59. The molecule has 1 aromatic carbocycles. The molecule has 0 amide bonds. The van der Waals surface area contributed by atoms with E-state index in [-0.39, 0.29) is 0 Å². The molecule has 23 heavy (non-hydrogen) atoms. The third-order valence-electron chi connectivity index (χ3n) is 5.00. The molecule has 3 aliphatic rings. The minimum absolute atomic E-state index is 0.310. The molecule has 3 nitrogen and oxygen atoms in total. The fourth-order valence-corrected chi connectivity index (χ4v) is 4.05. The molecular formula is C18H26F2N2O. The molecule has 3 fully saturated rings. The van der Waals surface area contributed by atoms with Crippen molar-refractivity contribution in [2.45, 2.75) is 45.4 Å². The lowest BCUT2D eigenvalue weighted by atomic mass is 9.95. The summed E-state index contributed by atoms with van der Waals surface area (Å²) >= 11 is 0. The number of para-hydroxylation sites is 1. The number of rotatable bonds is 6. The number of nitrogens with zero attached hydrogens (tertiary/aromatic N) is 2. The molecule has 3 aliphatic heterocycles. The highest BCUT2D eigenvalue weighted by atomic mass is 19.3. The molecule has 4 rings (SSSR count). The molecule has 2 bridgehead atoms. The van der Waals surface area contributed by atoms with Crippen LogP contribution in [-0.4, -0.2) is 48.6 Å². The lowest BCUT2D eigenvalue weighted by Crippen LogP contribution is -2.44. The Balaban J connectivity index is 1.69. The van der Waals surface area contributed by atoms with Crippen molar-refractivity contribution in [3.05, 3.63) is 29.8 Å². The number of piperidine rings is 1. The van der Waals surface area contributed by atoms with Crippen molar-refractivity contribution in [2.24, 2.45) is 5.92 Å². The van der Waals surface area contributed by atoms with E-state index >= 15 is 0 Å². The smallest absolute Gasteiger partial charge is 0.387 e. The van der Waals surface area contributed by atoms with Gasteiger partial charge in [-0.2, -0.15) is 8.78 Å². The summed E-state index contributed by atoms with van der Waals surface area (Å²) in [7, 11) is 0. The SMILES string of the molecule is CCCN1C[C@@H]2CC[C@H]1CN(Cc1ccccc1OC(F)F)C2. The summed E-state index contributed by atoms with van der Waals surface area (Å²) in [5, 5.41) is 0. The number of hydrogen-bond acceptors (Lipinski definition) is 3. The molecule has 2 atom stereocenters.